The predicted molar refractivity (Wildman–Crippen MR) is 102 cm³/mol. The number of aromatic nitrogens is 3. The first-order chi connectivity index (χ1) is 12.6. The summed E-state index contributed by atoms with van der Waals surface area (Å²) in [6, 6.07) is 3.46. The minimum Gasteiger partial charge on any atom is -0.495 e. The molecule has 9 heteroatoms. The standard InChI is InChI=1S/C17H23ClN6O2/c1-4-23-5-7-24(8-6-23)17-21-16(11-19-22-17)20-13-10-14(25-2)12(18)9-15(13)26-3/h9-11H,4-8H2,1-3H3,(H,20,21,22). The van der Waals surface area contributed by atoms with Gasteiger partial charge in [0.05, 0.1) is 31.1 Å². The first-order valence-corrected chi connectivity index (χ1v) is 8.88. The van der Waals surface area contributed by atoms with Gasteiger partial charge in [0.15, 0.2) is 5.82 Å². The van der Waals surface area contributed by atoms with Crippen molar-refractivity contribution in [3.63, 3.8) is 0 Å². The summed E-state index contributed by atoms with van der Waals surface area (Å²) in [7, 11) is 3.15. The van der Waals surface area contributed by atoms with E-state index in [9.17, 15) is 0 Å². The Labute approximate surface area is 158 Å². The summed E-state index contributed by atoms with van der Waals surface area (Å²) in [5.41, 5.74) is 0.691. The molecular formula is C17H23ClN6O2. The van der Waals surface area contributed by atoms with E-state index in [-0.39, 0.29) is 0 Å². The molecule has 1 aliphatic rings. The Hall–Kier alpha value is -2.32. The van der Waals surface area contributed by atoms with Crippen molar-refractivity contribution >= 4 is 29.1 Å². The van der Waals surface area contributed by atoms with E-state index < -0.39 is 0 Å². The van der Waals surface area contributed by atoms with Gasteiger partial charge in [-0.2, -0.15) is 10.1 Å². The van der Waals surface area contributed by atoms with Gasteiger partial charge >= 0.3 is 0 Å². The second-order valence-electron chi connectivity index (χ2n) is 5.87. The summed E-state index contributed by atoms with van der Waals surface area (Å²) in [6.07, 6.45) is 1.58. The Kier molecular flexibility index (Phi) is 5.95. The maximum atomic E-state index is 6.15. The number of hydrogen-bond donors (Lipinski definition) is 1. The summed E-state index contributed by atoms with van der Waals surface area (Å²) in [5, 5.41) is 11.9. The maximum absolute atomic E-state index is 6.15. The number of piperazine rings is 1. The molecule has 0 bridgehead atoms. The van der Waals surface area contributed by atoms with E-state index in [0.717, 1.165) is 32.7 Å². The van der Waals surface area contributed by atoms with Crippen LogP contribution >= 0.6 is 11.6 Å². The highest BCUT2D eigenvalue weighted by Gasteiger charge is 2.19. The lowest BCUT2D eigenvalue weighted by atomic mass is 10.2. The van der Waals surface area contributed by atoms with Crippen LogP contribution in [0.1, 0.15) is 6.92 Å². The number of hydrogen-bond acceptors (Lipinski definition) is 8. The second kappa shape index (κ2) is 8.37. The first kappa shape index (κ1) is 18.5. The number of rotatable bonds is 6. The van der Waals surface area contributed by atoms with E-state index in [1.54, 1.807) is 32.5 Å². The first-order valence-electron chi connectivity index (χ1n) is 8.50. The fourth-order valence-corrected chi connectivity index (χ4v) is 3.08. The van der Waals surface area contributed by atoms with Gasteiger partial charge in [0.25, 0.3) is 0 Å². The van der Waals surface area contributed by atoms with Gasteiger partial charge in [-0.05, 0) is 6.54 Å². The third-order valence-corrected chi connectivity index (χ3v) is 4.68. The molecule has 2 aromatic rings. The van der Waals surface area contributed by atoms with Crippen LogP contribution in [-0.2, 0) is 0 Å². The van der Waals surface area contributed by atoms with Crippen LogP contribution in [0.15, 0.2) is 18.3 Å². The third kappa shape index (κ3) is 4.08. The smallest absolute Gasteiger partial charge is 0.247 e. The zero-order valence-corrected chi connectivity index (χ0v) is 16.0. The highest BCUT2D eigenvalue weighted by Crippen LogP contribution is 2.37. The molecule has 1 saturated heterocycles. The zero-order chi connectivity index (χ0) is 18.5. The molecule has 0 radical (unpaired) electrons. The van der Waals surface area contributed by atoms with E-state index in [0.29, 0.717) is 34.0 Å². The number of benzene rings is 1. The molecule has 0 saturated carbocycles. The molecule has 2 heterocycles. The van der Waals surface area contributed by atoms with E-state index in [4.69, 9.17) is 21.1 Å². The number of methoxy groups -OCH3 is 2. The molecule has 0 amide bonds. The van der Waals surface area contributed by atoms with Gasteiger partial charge in [-0.15, -0.1) is 5.10 Å². The summed E-state index contributed by atoms with van der Waals surface area (Å²) < 4.78 is 10.7. The van der Waals surface area contributed by atoms with Crippen LogP contribution in [0.2, 0.25) is 5.02 Å². The van der Waals surface area contributed by atoms with Crippen molar-refractivity contribution in [3.05, 3.63) is 23.4 Å². The second-order valence-corrected chi connectivity index (χ2v) is 6.28. The number of nitrogens with zero attached hydrogens (tertiary/aromatic N) is 5. The quantitative estimate of drug-likeness (QED) is 0.821. The molecule has 1 N–H and O–H groups in total. The Morgan fingerprint density at radius 3 is 2.50 bits per heavy atom. The third-order valence-electron chi connectivity index (χ3n) is 4.39. The SMILES string of the molecule is CCN1CCN(c2nncc(Nc3cc(OC)c(Cl)cc3OC)n2)CC1. The topological polar surface area (TPSA) is 75.6 Å². The van der Waals surface area contributed by atoms with Crippen LogP contribution in [0, 0.1) is 0 Å². The van der Waals surface area contributed by atoms with E-state index in [2.05, 4.69) is 37.2 Å². The van der Waals surface area contributed by atoms with Gasteiger partial charge in [-0.25, -0.2) is 0 Å². The van der Waals surface area contributed by atoms with Crippen LogP contribution in [0.3, 0.4) is 0 Å². The monoisotopic (exact) mass is 378 g/mol. The van der Waals surface area contributed by atoms with Crippen molar-refractivity contribution in [1.29, 1.82) is 0 Å². The summed E-state index contributed by atoms with van der Waals surface area (Å²) in [6.45, 7) is 7.01. The van der Waals surface area contributed by atoms with Crippen molar-refractivity contribution in [2.45, 2.75) is 6.92 Å². The fourth-order valence-electron chi connectivity index (χ4n) is 2.85. The van der Waals surface area contributed by atoms with Crippen LogP contribution in [0.5, 0.6) is 11.5 Å². The van der Waals surface area contributed by atoms with E-state index in [1.165, 1.54) is 0 Å². The molecule has 1 aromatic carbocycles. The van der Waals surface area contributed by atoms with Crippen molar-refractivity contribution in [2.24, 2.45) is 0 Å². The summed E-state index contributed by atoms with van der Waals surface area (Å²) >= 11 is 6.15. The Morgan fingerprint density at radius 1 is 1.12 bits per heavy atom. The van der Waals surface area contributed by atoms with Gasteiger partial charge in [0, 0.05) is 38.3 Å². The Bertz CT molecular complexity index is 752. The van der Waals surface area contributed by atoms with E-state index >= 15 is 0 Å². The molecule has 1 fully saturated rings. The number of anilines is 3. The fraction of sp³-hybridized carbons (Fsp3) is 0.471. The molecule has 26 heavy (non-hydrogen) atoms. The molecule has 0 atom stereocenters. The van der Waals surface area contributed by atoms with Crippen molar-refractivity contribution in [2.75, 3.05) is 57.2 Å². The predicted octanol–water partition coefficient (Wildman–Crippen LogP) is 2.43. The zero-order valence-electron chi connectivity index (χ0n) is 15.2. The van der Waals surface area contributed by atoms with Crippen molar-refractivity contribution in [3.8, 4) is 11.5 Å². The lowest BCUT2D eigenvalue weighted by molar-refractivity contribution is 0.269. The minimum absolute atomic E-state index is 0.477. The average Bonchev–Trinajstić information content (AvgIpc) is 2.69. The van der Waals surface area contributed by atoms with Gasteiger partial charge in [0.2, 0.25) is 5.95 Å². The summed E-state index contributed by atoms with van der Waals surface area (Å²) in [5.74, 6) is 2.33. The Morgan fingerprint density at radius 2 is 1.85 bits per heavy atom. The molecule has 0 unspecified atom stereocenters. The normalized spacial score (nSPS) is 15.0. The van der Waals surface area contributed by atoms with E-state index in [1.807, 2.05) is 0 Å². The van der Waals surface area contributed by atoms with Crippen LogP contribution < -0.4 is 19.7 Å². The molecule has 0 aliphatic carbocycles. The van der Waals surface area contributed by atoms with Crippen LogP contribution in [0.25, 0.3) is 0 Å². The highest BCUT2D eigenvalue weighted by atomic mass is 35.5. The molecule has 3 rings (SSSR count). The maximum Gasteiger partial charge on any atom is 0.247 e. The largest absolute Gasteiger partial charge is 0.495 e. The van der Waals surface area contributed by atoms with Gasteiger partial charge in [-0.3, -0.25) is 0 Å². The number of likely N-dealkylation sites (N-methyl/N-ethyl adjacent to an activating group) is 1. The molecule has 1 aromatic heterocycles. The average molecular weight is 379 g/mol. The lowest BCUT2D eigenvalue weighted by Gasteiger charge is -2.33. The van der Waals surface area contributed by atoms with Crippen LogP contribution in [-0.4, -0.2) is 67.0 Å². The number of ether oxygens (including phenoxy) is 2. The summed E-state index contributed by atoms with van der Waals surface area (Å²) in [4.78, 5) is 9.13. The van der Waals surface area contributed by atoms with Crippen molar-refractivity contribution in [1.82, 2.24) is 20.1 Å². The minimum atomic E-state index is 0.477. The molecule has 8 nitrogen and oxygen atoms in total. The van der Waals surface area contributed by atoms with Gasteiger partial charge in [0.1, 0.15) is 11.5 Å². The molecule has 140 valence electrons. The van der Waals surface area contributed by atoms with Crippen molar-refractivity contribution < 1.29 is 9.47 Å². The molecule has 0 spiro atoms. The number of halogens is 1. The lowest BCUT2D eigenvalue weighted by Crippen LogP contribution is -2.46. The van der Waals surface area contributed by atoms with Crippen LogP contribution in [0.4, 0.5) is 17.5 Å². The van der Waals surface area contributed by atoms with Gasteiger partial charge < -0.3 is 24.6 Å². The molecule has 1 aliphatic heterocycles. The molecular weight excluding hydrogens is 356 g/mol. The highest BCUT2D eigenvalue weighted by molar-refractivity contribution is 6.32. The van der Waals surface area contributed by atoms with Gasteiger partial charge in [-0.1, -0.05) is 18.5 Å². The number of nitrogens with one attached hydrogen (secondary N) is 1. The Balaban J connectivity index is 1.79.